The first-order valence-corrected chi connectivity index (χ1v) is 6.61. The maximum absolute atomic E-state index is 11.5. The van der Waals surface area contributed by atoms with E-state index in [0.29, 0.717) is 19.5 Å². The van der Waals surface area contributed by atoms with Crippen molar-refractivity contribution in [1.29, 1.82) is 0 Å². The highest BCUT2D eigenvalue weighted by atomic mass is 16.4. The average Bonchev–Trinajstić information content (AvgIpc) is 2.86. The molecule has 1 unspecified atom stereocenters. The molecule has 0 saturated heterocycles. The van der Waals surface area contributed by atoms with Gasteiger partial charge >= 0.3 is 12.0 Å². The molecule has 3 amide bonds. The van der Waals surface area contributed by atoms with Crippen LogP contribution >= 0.6 is 0 Å². The van der Waals surface area contributed by atoms with Crippen molar-refractivity contribution in [2.24, 2.45) is 5.92 Å². The van der Waals surface area contributed by atoms with Gasteiger partial charge in [0.2, 0.25) is 5.91 Å². The van der Waals surface area contributed by atoms with E-state index in [-0.39, 0.29) is 18.8 Å². The molecule has 0 bridgehead atoms. The minimum Gasteiger partial charge on any atom is -0.481 e. The first-order chi connectivity index (χ1) is 9.97. The van der Waals surface area contributed by atoms with Crippen LogP contribution in [-0.2, 0) is 16.1 Å². The molecular formula is C12H19N5O4. The number of carbonyl (C=O) groups is 3. The Hall–Kier alpha value is -2.45. The minimum absolute atomic E-state index is 0.00131. The van der Waals surface area contributed by atoms with E-state index in [2.05, 4.69) is 20.9 Å². The Kier molecular flexibility index (Phi) is 6.85. The zero-order valence-corrected chi connectivity index (χ0v) is 11.8. The number of nitrogens with one attached hydrogen (secondary N) is 2. The molecule has 21 heavy (non-hydrogen) atoms. The van der Waals surface area contributed by atoms with Gasteiger partial charge in [-0.05, 0) is 12.3 Å². The number of aliphatic carboxylic acids is 1. The molecular weight excluding hydrogens is 278 g/mol. The highest BCUT2D eigenvalue weighted by Crippen LogP contribution is 2.06. The fourth-order valence-electron chi connectivity index (χ4n) is 1.70. The molecule has 9 heteroatoms. The second-order valence-electron chi connectivity index (χ2n) is 4.73. The van der Waals surface area contributed by atoms with Gasteiger partial charge in [-0.25, -0.2) is 4.79 Å². The molecule has 0 aliphatic heterocycles. The third-order valence-corrected chi connectivity index (χ3v) is 2.63. The predicted octanol–water partition coefficient (Wildman–Crippen LogP) is -0.00510. The van der Waals surface area contributed by atoms with Gasteiger partial charge in [0.05, 0.1) is 6.20 Å². The van der Waals surface area contributed by atoms with Crippen LogP contribution < -0.4 is 10.6 Å². The summed E-state index contributed by atoms with van der Waals surface area (Å²) in [4.78, 5) is 33.4. The van der Waals surface area contributed by atoms with E-state index in [4.69, 9.17) is 5.11 Å². The molecule has 0 aliphatic carbocycles. The number of rotatable bonds is 8. The van der Waals surface area contributed by atoms with Crippen molar-refractivity contribution in [3.63, 3.8) is 0 Å². The average molecular weight is 297 g/mol. The van der Waals surface area contributed by atoms with Crippen LogP contribution in [-0.4, -0.2) is 44.6 Å². The Bertz CT molecular complexity index is 474. The van der Waals surface area contributed by atoms with Crippen molar-refractivity contribution in [3.8, 4) is 0 Å². The standard InChI is InChI=1S/C12H19N5O4/c1-9(8-11(19)20)7-10(18)15-12(21)13-3-2-5-17-6-4-14-16-17/h4,6,9H,2-3,5,7-8H2,1H3,(H,19,20)(H2,13,15,18,21). The largest absolute Gasteiger partial charge is 0.481 e. The quantitative estimate of drug-likeness (QED) is 0.579. The number of carboxylic acids is 1. The number of aromatic nitrogens is 3. The number of carbonyl (C=O) groups excluding carboxylic acids is 2. The van der Waals surface area contributed by atoms with E-state index in [1.165, 1.54) is 0 Å². The van der Waals surface area contributed by atoms with E-state index in [1.54, 1.807) is 24.0 Å². The molecule has 1 aromatic rings. The Morgan fingerprint density at radius 3 is 2.71 bits per heavy atom. The smallest absolute Gasteiger partial charge is 0.321 e. The van der Waals surface area contributed by atoms with Crippen LogP contribution in [0.5, 0.6) is 0 Å². The summed E-state index contributed by atoms with van der Waals surface area (Å²) in [5.74, 6) is -1.77. The number of carboxylic acid groups (broad SMARTS) is 1. The molecule has 116 valence electrons. The highest BCUT2D eigenvalue weighted by molar-refractivity contribution is 5.94. The summed E-state index contributed by atoms with van der Waals surface area (Å²) in [7, 11) is 0. The summed E-state index contributed by atoms with van der Waals surface area (Å²) in [6, 6.07) is -0.582. The first kappa shape index (κ1) is 16.6. The third-order valence-electron chi connectivity index (χ3n) is 2.63. The molecule has 1 aromatic heterocycles. The molecule has 0 radical (unpaired) electrons. The molecule has 1 heterocycles. The van der Waals surface area contributed by atoms with Gasteiger partial charge in [-0.2, -0.15) is 0 Å². The van der Waals surface area contributed by atoms with E-state index in [9.17, 15) is 14.4 Å². The Morgan fingerprint density at radius 2 is 2.10 bits per heavy atom. The molecule has 9 nitrogen and oxygen atoms in total. The number of aryl methyl sites for hydroxylation is 1. The summed E-state index contributed by atoms with van der Waals surface area (Å²) in [6.45, 7) is 2.65. The third kappa shape index (κ3) is 7.65. The lowest BCUT2D eigenvalue weighted by molar-refractivity contribution is -0.138. The Balaban J connectivity index is 2.12. The lowest BCUT2D eigenvalue weighted by atomic mass is 10.0. The second-order valence-corrected chi connectivity index (χ2v) is 4.73. The van der Waals surface area contributed by atoms with Crippen LogP contribution in [0.1, 0.15) is 26.2 Å². The molecule has 1 atom stereocenters. The zero-order valence-electron chi connectivity index (χ0n) is 11.8. The van der Waals surface area contributed by atoms with Crippen molar-refractivity contribution < 1.29 is 19.5 Å². The summed E-state index contributed by atoms with van der Waals surface area (Å²) >= 11 is 0. The van der Waals surface area contributed by atoms with Crippen molar-refractivity contribution in [2.75, 3.05) is 6.54 Å². The Labute approximate surface area is 121 Å². The predicted molar refractivity (Wildman–Crippen MR) is 72.2 cm³/mol. The second kappa shape index (κ2) is 8.67. The molecule has 0 aliphatic rings. The molecule has 0 saturated carbocycles. The molecule has 0 aromatic carbocycles. The molecule has 3 N–H and O–H groups in total. The molecule has 0 fully saturated rings. The van der Waals surface area contributed by atoms with Crippen LogP contribution in [0.3, 0.4) is 0 Å². The topological polar surface area (TPSA) is 126 Å². The fraction of sp³-hybridized carbons (Fsp3) is 0.583. The minimum atomic E-state index is -0.965. The summed E-state index contributed by atoms with van der Waals surface area (Å²) in [5.41, 5.74) is 0. The maximum atomic E-state index is 11.5. The van der Waals surface area contributed by atoms with Gasteiger partial charge in [-0.1, -0.05) is 12.1 Å². The van der Waals surface area contributed by atoms with Crippen molar-refractivity contribution >= 4 is 17.9 Å². The van der Waals surface area contributed by atoms with Crippen molar-refractivity contribution in [2.45, 2.75) is 32.7 Å². The molecule has 1 rings (SSSR count). The van der Waals surface area contributed by atoms with Gasteiger partial charge in [0.25, 0.3) is 0 Å². The summed E-state index contributed by atoms with van der Waals surface area (Å²) in [5, 5.41) is 20.7. The number of hydrogen-bond acceptors (Lipinski definition) is 5. The zero-order chi connectivity index (χ0) is 15.7. The number of hydrogen-bond donors (Lipinski definition) is 3. The van der Waals surface area contributed by atoms with E-state index >= 15 is 0 Å². The van der Waals surface area contributed by atoms with E-state index in [1.807, 2.05) is 0 Å². The number of nitrogens with zero attached hydrogens (tertiary/aromatic N) is 3. The van der Waals surface area contributed by atoms with Crippen LogP contribution in [0.15, 0.2) is 12.4 Å². The normalized spacial score (nSPS) is 11.7. The molecule has 0 spiro atoms. The lowest BCUT2D eigenvalue weighted by Gasteiger charge is -2.09. The summed E-state index contributed by atoms with van der Waals surface area (Å²) < 4.78 is 1.64. The van der Waals surface area contributed by atoms with Crippen LogP contribution in [0.4, 0.5) is 4.79 Å². The highest BCUT2D eigenvalue weighted by Gasteiger charge is 2.14. The number of imide groups is 1. The monoisotopic (exact) mass is 297 g/mol. The fourth-order valence-corrected chi connectivity index (χ4v) is 1.70. The van der Waals surface area contributed by atoms with Crippen LogP contribution in [0.2, 0.25) is 0 Å². The van der Waals surface area contributed by atoms with E-state index in [0.717, 1.165) is 0 Å². The first-order valence-electron chi connectivity index (χ1n) is 6.61. The van der Waals surface area contributed by atoms with Gasteiger partial charge in [-0.3, -0.25) is 19.6 Å². The number of urea groups is 1. The van der Waals surface area contributed by atoms with Crippen molar-refractivity contribution in [3.05, 3.63) is 12.4 Å². The van der Waals surface area contributed by atoms with E-state index < -0.39 is 17.9 Å². The van der Waals surface area contributed by atoms with Crippen LogP contribution in [0, 0.1) is 5.92 Å². The number of amides is 3. The maximum Gasteiger partial charge on any atom is 0.321 e. The SMILES string of the molecule is CC(CC(=O)O)CC(=O)NC(=O)NCCCn1ccnn1. The van der Waals surface area contributed by atoms with Crippen LogP contribution in [0.25, 0.3) is 0 Å². The van der Waals surface area contributed by atoms with Gasteiger partial charge in [0.15, 0.2) is 0 Å². The Morgan fingerprint density at radius 1 is 1.33 bits per heavy atom. The van der Waals surface area contributed by atoms with Gasteiger partial charge in [-0.15, -0.1) is 5.10 Å². The van der Waals surface area contributed by atoms with Gasteiger partial charge < -0.3 is 10.4 Å². The van der Waals surface area contributed by atoms with Gasteiger partial charge in [0, 0.05) is 32.1 Å². The van der Waals surface area contributed by atoms with Crippen molar-refractivity contribution in [1.82, 2.24) is 25.6 Å². The lowest BCUT2D eigenvalue weighted by Crippen LogP contribution is -2.40. The van der Waals surface area contributed by atoms with Gasteiger partial charge in [0.1, 0.15) is 0 Å². The summed E-state index contributed by atoms with van der Waals surface area (Å²) in [6.07, 6.45) is 3.83.